The highest BCUT2D eigenvalue weighted by atomic mass is 32.1. The molecule has 1 atom stereocenters. The summed E-state index contributed by atoms with van der Waals surface area (Å²) in [5.41, 5.74) is 0. The minimum Gasteiger partial charge on any atom is -0.356 e. The van der Waals surface area contributed by atoms with Gasteiger partial charge in [-0.05, 0) is 44.7 Å². The maximum absolute atomic E-state index is 4.28. The van der Waals surface area contributed by atoms with Crippen molar-refractivity contribution in [1.82, 2.24) is 15.5 Å². The van der Waals surface area contributed by atoms with E-state index in [2.05, 4.69) is 52.0 Å². The third kappa shape index (κ3) is 4.80. The van der Waals surface area contributed by atoms with Crippen LogP contribution in [0, 0.1) is 0 Å². The average molecular weight is 294 g/mol. The number of hydrogen-bond donors (Lipinski definition) is 2. The summed E-state index contributed by atoms with van der Waals surface area (Å²) >= 11 is 1.81. The number of aliphatic imine (C=N–C) groups is 1. The van der Waals surface area contributed by atoms with Crippen molar-refractivity contribution >= 4 is 17.3 Å². The van der Waals surface area contributed by atoms with Gasteiger partial charge in [0, 0.05) is 37.1 Å². The smallest absolute Gasteiger partial charge is 0.191 e. The van der Waals surface area contributed by atoms with Crippen molar-refractivity contribution in [2.75, 3.05) is 27.2 Å². The summed E-state index contributed by atoms with van der Waals surface area (Å²) in [6.45, 7) is 4.13. The molecule has 1 aliphatic carbocycles. The predicted octanol–water partition coefficient (Wildman–Crippen LogP) is 1.94. The van der Waals surface area contributed by atoms with Crippen molar-refractivity contribution in [2.45, 2.75) is 38.3 Å². The molecule has 1 saturated carbocycles. The molecule has 0 aliphatic heterocycles. The number of likely N-dealkylation sites (N-methyl/N-ethyl adjacent to an activating group) is 1. The Labute approximate surface area is 126 Å². The number of hydrogen-bond acceptors (Lipinski definition) is 3. The Morgan fingerprint density at radius 2 is 2.30 bits per heavy atom. The summed E-state index contributed by atoms with van der Waals surface area (Å²) in [6, 6.07) is 5.62. The molecule has 1 aliphatic rings. The third-order valence-electron chi connectivity index (χ3n) is 3.85. The maximum Gasteiger partial charge on any atom is 0.191 e. The van der Waals surface area contributed by atoms with E-state index in [4.69, 9.17) is 0 Å². The molecule has 2 rings (SSSR count). The normalized spacial score (nSPS) is 17.3. The molecule has 0 spiro atoms. The molecule has 20 heavy (non-hydrogen) atoms. The van der Waals surface area contributed by atoms with E-state index < -0.39 is 0 Å². The average Bonchev–Trinajstić information content (AvgIpc) is 3.18. The molecule has 0 amide bonds. The van der Waals surface area contributed by atoms with Crippen molar-refractivity contribution in [3.8, 4) is 0 Å². The van der Waals surface area contributed by atoms with Crippen LogP contribution in [0.15, 0.2) is 22.5 Å². The highest BCUT2D eigenvalue weighted by Gasteiger charge is 2.28. The first-order valence-corrected chi connectivity index (χ1v) is 8.27. The van der Waals surface area contributed by atoms with Crippen LogP contribution >= 0.6 is 11.3 Å². The Morgan fingerprint density at radius 1 is 1.50 bits per heavy atom. The van der Waals surface area contributed by atoms with Crippen LogP contribution in [0.2, 0.25) is 0 Å². The topological polar surface area (TPSA) is 39.7 Å². The van der Waals surface area contributed by atoms with Gasteiger partial charge in [0.1, 0.15) is 0 Å². The van der Waals surface area contributed by atoms with Crippen LogP contribution < -0.4 is 10.6 Å². The van der Waals surface area contributed by atoms with E-state index in [1.165, 1.54) is 17.7 Å². The van der Waals surface area contributed by atoms with Gasteiger partial charge in [-0.2, -0.15) is 0 Å². The first-order valence-electron chi connectivity index (χ1n) is 7.39. The Kier molecular flexibility index (Phi) is 5.86. The molecule has 0 aromatic carbocycles. The molecule has 0 bridgehead atoms. The van der Waals surface area contributed by atoms with Gasteiger partial charge >= 0.3 is 0 Å². The Hall–Kier alpha value is -1.07. The van der Waals surface area contributed by atoms with E-state index in [1.54, 1.807) is 0 Å². The van der Waals surface area contributed by atoms with Crippen LogP contribution in [-0.2, 0) is 6.42 Å². The van der Waals surface area contributed by atoms with Gasteiger partial charge in [-0.25, -0.2) is 0 Å². The maximum atomic E-state index is 4.28. The van der Waals surface area contributed by atoms with Crippen molar-refractivity contribution in [3.63, 3.8) is 0 Å². The van der Waals surface area contributed by atoms with E-state index in [0.717, 1.165) is 31.5 Å². The molecule has 112 valence electrons. The molecular formula is C15H26N4S. The quantitative estimate of drug-likeness (QED) is 0.596. The van der Waals surface area contributed by atoms with Crippen LogP contribution in [0.5, 0.6) is 0 Å². The van der Waals surface area contributed by atoms with Crippen molar-refractivity contribution in [2.24, 2.45) is 4.99 Å². The van der Waals surface area contributed by atoms with Crippen molar-refractivity contribution in [3.05, 3.63) is 22.4 Å². The van der Waals surface area contributed by atoms with E-state index in [9.17, 15) is 0 Å². The van der Waals surface area contributed by atoms with E-state index in [-0.39, 0.29) is 0 Å². The van der Waals surface area contributed by atoms with Gasteiger partial charge in [0.05, 0.1) is 0 Å². The minimum atomic E-state index is 0.540. The van der Waals surface area contributed by atoms with Gasteiger partial charge < -0.3 is 10.6 Å². The van der Waals surface area contributed by atoms with Gasteiger partial charge in [0.2, 0.25) is 0 Å². The summed E-state index contributed by atoms with van der Waals surface area (Å²) in [5, 5.41) is 8.91. The molecule has 1 aromatic heterocycles. The van der Waals surface area contributed by atoms with Crippen LogP contribution in [-0.4, -0.2) is 50.1 Å². The summed E-state index contributed by atoms with van der Waals surface area (Å²) < 4.78 is 0. The zero-order valence-electron chi connectivity index (χ0n) is 12.7. The Balaban J connectivity index is 1.64. The number of thiophene rings is 1. The third-order valence-corrected chi connectivity index (χ3v) is 4.79. The number of nitrogens with one attached hydrogen (secondary N) is 2. The molecule has 1 aromatic rings. The van der Waals surface area contributed by atoms with Crippen LogP contribution in [0.25, 0.3) is 0 Å². The van der Waals surface area contributed by atoms with Gasteiger partial charge in [-0.15, -0.1) is 11.3 Å². The first-order chi connectivity index (χ1) is 9.70. The standard InChI is InChI=1S/C15H26N4S/c1-12(19(3)13-6-7-13)11-18-15(16-2)17-9-8-14-5-4-10-20-14/h4-5,10,12-13H,6-9,11H2,1-3H3,(H2,16,17,18). The Bertz CT molecular complexity index is 412. The van der Waals surface area contributed by atoms with Crippen molar-refractivity contribution < 1.29 is 0 Å². The van der Waals surface area contributed by atoms with E-state index >= 15 is 0 Å². The molecular weight excluding hydrogens is 268 g/mol. The lowest BCUT2D eigenvalue weighted by molar-refractivity contribution is 0.247. The van der Waals surface area contributed by atoms with Gasteiger partial charge in [0.15, 0.2) is 5.96 Å². The lowest BCUT2D eigenvalue weighted by Crippen LogP contribution is -2.45. The molecule has 1 fully saturated rings. The predicted molar refractivity (Wildman–Crippen MR) is 87.6 cm³/mol. The second-order valence-corrected chi connectivity index (χ2v) is 6.49. The number of rotatable bonds is 7. The van der Waals surface area contributed by atoms with Gasteiger partial charge in [0.25, 0.3) is 0 Å². The second kappa shape index (κ2) is 7.64. The molecule has 4 nitrogen and oxygen atoms in total. The zero-order valence-corrected chi connectivity index (χ0v) is 13.5. The summed E-state index contributed by atoms with van der Waals surface area (Å²) in [6.07, 6.45) is 3.76. The fourth-order valence-corrected chi connectivity index (χ4v) is 2.92. The van der Waals surface area contributed by atoms with Gasteiger partial charge in [-0.3, -0.25) is 9.89 Å². The van der Waals surface area contributed by atoms with E-state index in [0.29, 0.717) is 6.04 Å². The Morgan fingerprint density at radius 3 is 2.90 bits per heavy atom. The zero-order chi connectivity index (χ0) is 14.4. The lowest BCUT2D eigenvalue weighted by atomic mass is 10.3. The first kappa shape index (κ1) is 15.3. The summed E-state index contributed by atoms with van der Waals surface area (Å²) in [5.74, 6) is 0.901. The number of guanidine groups is 1. The molecule has 1 unspecified atom stereocenters. The molecule has 1 heterocycles. The summed E-state index contributed by atoms with van der Waals surface area (Å²) in [7, 11) is 4.05. The highest BCUT2D eigenvalue weighted by Crippen LogP contribution is 2.26. The molecule has 0 radical (unpaired) electrons. The van der Waals surface area contributed by atoms with Crippen LogP contribution in [0.1, 0.15) is 24.6 Å². The van der Waals surface area contributed by atoms with E-state index in [1.807, 2.05) is 18.4 Å². The van der Waals surface area contributed by atoms with Gasteiger partial charge in [-0.1, -0.05) is 6.07 Å². The molecule has 5 heteroatoms. The fraction of sp³-hybridized carbons (Fsp3) is 0.667. The summed E-state index contributed by atoms with van der Waals surface area (Å²) in [4.78, 5) is 8.15. The molecule has 2 N–H and O–H groups in total. The largest absolute Gasteiger partial charge is 0.356 e. The van der Waals surface area contributed by atoms with Crippen molar-refractivity contribution in [1.29, 1.82) is 0 Å². The lowest BCUT2D eigenvalue weighted by Gasteiger charge is -2.25. The SMILES string of the molecule is CN=C(NCCc1cccs1)NCC(C)N(C)C1CC1. The van der Waals surface area contributed by atoms with Crippen LogP contribution in [0.3, 0.4) is 0 Å². The fourth-order valence-electron chi connectivity index (χ4n) is 2.21. The van der Waals surface area contributed by atoms with Crippen LogP contribution in [0.4, 0.5) is 0 Å². The monoisotopic (exact) mass is 294 g/mol. The second-order valence-electron chi connectivity index (χ2n) is 5.45. The minimum absolute atomic E-state index is 0.540. The highest BCUT2D eigenvalue weighted by molar-refractivity contribution is 7.09. The number of nitrogens with zero attached hydrogens (tertiary/aromatic N) is 2. The molecule has 0 saturated heterocycles.